The van der Waals surface area contributed by atoms with E-state index in [1.54, 1.807) is 26.0 Å². The van der Waals surface area contributed by atoms with Gasteiger partial charge in [-0.25, -0.2) is 8.42 Å². The molecule has 0 radical (unpaired) electrons. The number of hydrogen-bond acceptors (Lipinski definition) is 4. The summed E-state index contributed by atoms with van der Waals surface area (Å²) in [7, 11) is -3.88. The van der Waals surface area contributed by atoms with Crippen LogP contribution in [0.25, 0.3) is 0 Å². The maximum absolute atomic E-state index is 12.8. The Morgan fingerprint density at radius 3 is 2.67 bits per heavy atom. The largest absolute Gasteiger partial charge is 0.353 e. The molecule has 1 aromatic rings. The second-order valence-electron chi connectivity index (χ2n) is 5.20. The van der Waals surface area contributed by atoms with Gasteiger partial charge in [0.1, 0.15) is 12.1 Å². The van der Waals surface area contributed by atoms with Crippen LogP contribution in [-0.4, -0.2) is 37.8 Å². The maximum atomic E-state index is 12.8. The fraction of sp³-hybridized carbons (Fsp3) is 0.429. The van der Waals surface area contributed by atoms with Crippen molar-refractivity contribution < 1.29 is 13.2 Å². The van der Waals surface area contributed by atoms with Gasteiger partial charge in [-0.2, -0.15) is 9.57 Å². The van der Waals surface area contributed by atoms with E-state index >= 15 is 0 Å². The molecule has 1 aliphatic heterocycles. The molecule has 6 nitrogen and oxygen atoms in total. The summed E-state index contributed by atoms with van der Waals surface area (Å²) in [5.41, 5.74) is 0.0889. The lowest BCUT2D eigenvalue weighted by Crippen LogP contribution is -2.59. The highest BCUT2D eigenvalue weighted by Crippen LogP contribution is 2.25. The maximum Gasteiger partial charge on any atom is 0.245 e. The SMILES string of the molecule is CC(C)C1C(=O)NCCN1S(=O)(=O)c1ccccc1C#N. The number of carbonyl (C=O) groups is 1. The first kappa shape index (κ1) is 15.5. The van der Waals surface area contributed by atoms with E-state index in [2.05, 4.69) is 5.32 Å². The van der Waals surface area contributed by atoms with Gasteiger partial charge < -0.3 is 5.32 Å². The highest BCUT2D eigenvalue weighted by atomic mass is 32.2. The van der Waals surface area contributed by atoms with Crippen LogP contribution in [0.3, 0.4) is 0 Å². The summed E-state index contributed by atoms with van der Waals surface area (Å²) < 4.78 is 26.8. The third kappa shape index (κ3) is 2.77. The molecule has 0 aromatic heterocycles. The minimum absolute atomic E-state index is 0.0483. The molecule has 7 heteroatoms. The first-order chi connectivity index (χ1) is 9.89. The summed E-state index contributed by atoms with van der Waals surface area (Å²) in [6, 6.07) is 7.18. The third-order valence-corrected chi connectivity index (χ3v) is 5.37. The zero-order chi connectivity index (χ0) is 15.6. The highest BCUT2D eigenvalue weighted by molar-refractivity contribution is 7.89. The number of hydrogen-bond donors (Lipinski definition) is 1. The summed E-state index contributed by atoms with van der Waals surface area (Å²) in [6.07, 6.45) is 0. The van der Waals surface area contributed by atoms with E-state index in [0.717, 1.165) is 0 Å². The van der Waals surface area contributed by atoms with Crippen molar-refractivity contribution in [3.05, 3.63) is 29.8 Å². The number of nitrogens with one attached hydrogen (secondary N) is 1. The number of carbonyl (C=O) groups excluding carboxylic acids is 1. The minimum atomic E-state index is -3.88. The molecule has 0 spiro atoms. The zero-order valence-electron chi connectivity index (χ0n) is 11.9. The predicted molar refractivity (Wildman–Crippen MR) is 76.7 cm³/mol. The number of amides is 1. The summed E-state index contributed by atoms with van der Waals surface area (Å²) >= 11 is 0. The van der Waals surface area contributed by atoms with Gasteiger partial charge in [-0.05, 0) is 18.1 Å². The van der Waals surface area contributed by atoms with Crippen molar-refractivity contribution in [2.24, 2.45) is 5.92 Å². The lowest BCUT2D eigenvalue weighted by molar-refractivity contribution is -0.128. The van der Waals surface area contributed by atoms with Gasteiger partial charge in [0.2, 0.25) is 15.9 Å². The van der Waals surface area contributed by atoms with E-state index in [1.807, 2.05) is 6.07 Å². The average molecular weight is 307 g/mol. The smallest absolute Gasteiger partial charge is 0.245 e. The summed E-state index contributed by atoms with van der Waals surface area (Å²) in [5, 5.41) is 11.8. The molecule has 1 saturated heterocycles. The van der Waals surface area contributed by atoms with Crippen molar-refractivity contribution in [2.45, 2.75) is 24.8 Å². The number of rotatable bonds is 3. The number of sulfonamides is 1. The Bertz CT molecular complexity index is 692. The molecule has 112 valence electrons. The van der Waals surface area contributed by atoms with Gasteiger partial charge in [0.25, 0.3) is 0 Å². The number of nitriles is 1. The van der Waals surface area contributed by atoms with Gasteiger partial charge in [0.05, 0.1) is 10.5 Å². The number of benzene rings is 1. The van der Waals surface area contributed by atoms with Crippen LogP contribution in [0.15, 0.2) is 29.2 Å². The van der Waals surface area contributed by atoms with Gasteiger partial charge in [-0.1, -0.05) is 26.0 Å². The van der Waals surface area contributed by atoms with Gasteiger partial charge in [-0.15, -0.1) is 0 Å². The van der Waals surface area contributed by atoms with Gasteiger partial charge >= 0.3 is 0 Å². The molecule has 21 heavy (non-hydrogen) atoms. The Labute approximate surface area is 124 Å². The molecule has 1 amide bonds. The van der Waals surface area contributed by atoms with E-state index in [0.29, 0.717) is 0 Å². The molecule has 1 N–H and O–H groups in total. The molecule has 2 rings (SSSR count). The van der Waals surface area contributed by atoms with Crippen molar-refractivity contribution >= 4 is 15.9 Å². The summed E-state index contributed by atoms with van der Waals surface area (Å²) in [6.45, 7) is 4.08. The molecule has 0 aliphatic carbocycles. The summed E-state index contributed by atoms with van der Waals surface area (Å²) in [5.74, 6) is -0.455. The standard InChI is InChI=1S/C14H17N3O3S/c1-10(2)13-14(18)16-7-8-17(13)21(19,20)12-6-4-3-5-11(12)9-15/h3-6,10,13H,7-8H2,1-2H3,(H,16,18). The molecule has 1 aromatic carbocycles. The monoisotopic (exact) mass is 307 g/mol. The quantitative estimate of drug-likeness (QED) is 0.890. The highest BCUT2D eigenvalue weighted by Gasteiger charge is 2.40. The Kier molecular flexibility index (Phi) is 4.30. The molecule has 1 unspecified atom stereocenters. The first-order valence-corrected chi connectivity index (χ1v) is 8.12. The Balaban J connectivity index is 2.52. The molecule has 0 bridgehead atoms. The molecule has 1 heterocycles. The van der Waals surface area contributed by atoms with E-state index < -0.39 is 16.1 Å². The zero-order valence-corrected chi connectivity index (χ0v) is 12.7. The van der Waals surface area contributed by atoms with Gasteiger partial charge in [-0.3, -0.25) is 4.79 Å². The normalized spacial score (nSPS) is 20.1. The molecule has 1 atom stereocenters. The van der Waals surface area contributed by atoms with E-state index in [-0.39, 0.29) is 35.4 Å². The van der Waals surface area contributed by atoms with E-state index in [4.69, 9.17) is 5.26 Å². The Morgan fingerprint density at radius 1 is 1.38 bits per heavy atom. The third-order valence-electron chi connectivity index (χ3n) is 3.44. The van der Waals surface area contributed by atoms with Crippen molar-refractivity contribution in [1.82, 2.24) is 9.62 Å². The summed E-state index contributed by atoms with van der Waals surface area (Å²) in [4.78, 5) is 11.9. The number of piperazine rings is 1. The first-order valence-electron chi connectivity index (χ1n) is 6.68. The van der Waals surface area contributed by atoms with Gasteiger partial charge in [0.15, 0.2) is 0 Å². The molecule has 0 saturated carbocycles. The van der Waals surface area contributed by atoms with E-state index in [1.165, 1.54) is 16.4 Å². The van der Waals surface area contributed by atoms with Crippen LogP contribution in [-0.2, 0) is 14.8 Å². The Hall–Kier alpha value is -1.91. The van der Waals surface area contributed by atoms with Crippen LogP contribution in [0.5, 0.6) is 0 Å². The second kappa shape index (κ2) is 5.84. The Morgan fingerprint density at radius 2 is 2.05 bits per heavy atom. The lowest BCUT2D eigenvalue weighted by atomic mass is 10.0. The average Bonchev–Trinajstić information content (AvgIpc) is 2.46. The van der Waals surface area contributed by atoms with Crippen molar-refractivity contribution in [3.8, 4) is 6.07 Å². The number of nitrogens with zero attached hydrogens (tertiary/aromatic N) is 2. The fourth-order valence-corrected chi connectivity index (χ4v) is 4.34. The van der Waals surface area contributed by atoms with Crippen molar-refractivity contribution in [2.75, 3.05) is 13.1 Å². The van der Waals surface area contributed by atoms with Crippen LogP contribution in [0.4, 0.5) is 0 Å². The fourth-order valence-electron chi connectivity index (χ4n) is 2.48. The topological polar surface area (TPSA) is 90.3 Å². The van der Waals surface area contributed by atoms with Crippen LogP contribution < -0.4 is 5.32 Å². The van der Waals surface area contributed by atoms with Crippen LogP contribution in [0.2, 0.25) is 0 Å². The molecule has 1 fully saturated rings. The molecule has 1 aliphatic rings. The van der Waals surface area contributed by atoms with Crippen molar-refractivity contribution in [3.63, 3.8) is 0 Å². The lowest BCUT2D eigenvalue weighted by Gasteiger charge is -2.36. The molecular formula is C14H17N3O3S. The molecular weight excluding hydrogens is 290 g/mol. The van der Waals surface area contributed by atoms with Crippen molar-refractivity contribution in [1.29, 1.82) is 5.26 Å². The van der Waals surface area contributed by atoms with Crippen LogP contribution in [0.1, 0.15) is 19.4 Å². The minimum Gasteiger partial charge on any atom is -0.353 e. The van der Waals surface area contributed by atoms with E-state index in [9.17, 15) is 13.2 Å². The van der Waals surface area contributed by atoms with Gasteiger partial charge in [0, 0.05) is 13.1 Å². The second-order valence-corrected chi connectivity index (χ2v) is 7.06. The van der Waals surface area contributed by atoms with Crippen LogP contribution >= 0.6 is 0 Å². The predicted octanol–water partition coefficient (Wildman–Crippen LogP) is 0.703. The van der Waals surface area contributed by atoms with Crippen LogP contribution in [0, 0.1) is 17.2 Å².